The molecule has 3 nitrogen and oxygen atoms in total. The summed E-state index contributed by atoms with van der Waals surface area (Å²) < 4.78 is 0. The molecule has 88 valence electrons. The summed E-state index contributed by atoms with van der Waals surface area (Å²) in [4.78, 5) is 11.7. The van der Waals surface area contributed by atoms with E-state index in [2.05, 4.69) is 31.4 Å². The van der Waals surface area contributed by atoms with Crippen molar-refractivity contribution in [2.75, 3.05) is 6.54 Å². The lowest BCUT2D eigenvalue weighted by Crippen LogP contribution is -2.48. The van der Waals surface area contributed by atoms with Gasteiger partial charge < -0.3 is 10.6 Å². The van der Waals surface area contributed by atoms with Crippen LogP contribution in [-0.4, -0.2) is 24.0 Å². The Morgan fingerprint density at radius 3 is 2.53 bits per heavy atom. The van der Waals surface area contributed by atoms with E-state index in [-0.39, 0.29) is 11.4 Å². The Bertz CT molecular complexity index is 210. The molecule has 1 rings (SSSR count). The maximum atomic E-state index is 11.7. The minimum atomic E-state index is 0.0637. The predicted molar refractivity (Wildman–Crippen MR) is 62.8 cm³/mol. The molecule has 0 aromatic carbocycles. The highest BCUT2D eigenvalue weighted by Crippen LogP contribution is 2.28. The van der Waals surface area contributed by atoms with Crippen LogP contribution >= 0.6 is 0 Å². The van der Waals surface area contributed by atoms with Gasteiger partial charge in [-0.1, -0.05) is 19.8 Å². The first-order chi connectivity index (χ1) is 7.06. The summed E-state index contributed by atoms with van der Waals surface area (Å²) in [5.41, 5.74) is 0.0637. The number of nitrogens with one attached hydrogen (secondary N) is 2. The number of carbonyl (C=O) groups excluding carboxylic acids is 1. The highest BCUT2D eigenvalue weighted by atomic mass is 16.2. The summed E-state index contributed by atoms with van der Waals surface area (Å²) in [5.74, 6) is 0.139. The molecule has 0 bridgehead atoms. The van der Waals surface area contributed by atoms with Crippen LogP contribution in [0.4, 0.5) is 0 Å². The SMILES string of the molecule is CCC(C)NCC(=O)NC1(C)CCCC1. The first-order valence-electron chi connectivity index (χ1n) is 6.10. The smallest absolute Gasteiger partial charge is 0.234 e. The van der Waals surface area contributed by atoms with Crippen molar-refractivity contribution in [2.24, 2.45) is 0 Å². The molecule has 1 aliphatic rings. The third-order valence-electron chi connectivity index (χ3n) is 3.37. The van der Waals surface area contributed by atoms with E-state index in [0.29, 0.717) is 12.6 Å². The molecule has 0 saturated heterocycles. The molecular formula is C12H24N2O. The molecular weight excluding hydrogens is 188 g/mol. The first kappa shape index (κ1) is 12.5. The van der Waals surface area contributed by atoms with Crippen molar-refractivity contribution in [3.8, 4) is 0 Å². The lowest BCUT2D eigenvalue weighted by molar-refractivity contribution is -0.122. The predicted octanol–water partition coefficient (Wildman–Crippen LogP) is 1.82. The molecule has 0 aromatic heterocycles. The topological polar surface area (TPSA) is 41.1 Å². The minimum Gasteiger partial charge on any atom is -0.350 e. The zero-order valence-corrected chi connectivity index (χ0v) is 10.2. The van der Waals surface area contributed by atoms with Crippen molar-refractivity contribution >= 4 is 5.91 Å². The molecule has 15 heavy (non-hydrogen) atoms. The minimum absolute atomic E-state index is 0.0637. The number of hydrogen-bond acceptors (Lipinski definition) is 2. The fourth-order valence-electron chi connectivity index (χ4n) is 2.07. The van der Waals surface area contributed by atoms with Gasteiger partial charge in [0.2, 0.25) is 5.91 Å². The van der Waals surface area contributed by atoms with E-state index in [1.165, 1.54) is 12.8 Å². The van der Waals surface area contributed by atoms with Crippen LogP contribution in [0, 0.1) is 0 Å². The Morgan fingerprint density at radius 2 is 2.00 bits per heavy atom. The summed E-state index contributed by atoms with van der Waals surface area (Å²) in [7, 11) is 0. The molecule has 0 radical (unpaired) electrons. The van der Waals surface area contributed by atoms with Crippen molar-refractivity contribution < 1.29 is 4.79 Å². The largest absolute Gasteiger partial charge is 0.350 e. The van der Waals surface area contributed by atoms with E-state index in [0.717, 1.165) is 19.3 Å². The normalized spacial score (nSPS) is 21.3. The highest BCUT2D eigenvalue weighted by Gasteiger charge is 2.29. The Morgan fingerprint density at radius 1 is 1.40 bits per heavy atom. The summed E-state index contributed by atoms with van der Waals surface area (Å²) >= 11 is 0. The Kier molecular flexibility index (Phi) is 4.58. The van der Waals surface area contributed by atoms with Crippen LogP contribution in [0.2, 0.25) is 0 Å². The molecule has 1 unspecified atom stereocenters. The van der Waals surface area contributed by atoms with Gasteiger partial charge in [-0.05, 0) is 33.1 Å². The maximum Gasteiger partial charge on any atom is 0.234 e. The van der Waals surface area contributed by atoms with Gasteiger partial charge >= 0.3 is 0 Å². The molecule has 3 heteroatoms. The standard InChI is InChI=1S/C12H24N2O/c1-4-10(2)13-9-11(15)14-12(3)7-5-6-8-12/h10,13H,4-9H2,1-3H3,(H,14,15). The molecule has 1 fully saturated rings. The van der Waals surface area contributed by atoms with E-state index in [1.807, 2.05) is 0 Å². The van der Waals surface area contributed by atoms with E-state index in [4.69, 9.17) is 0 Å². The molecule has 0 spiro atoms. The van der Waals surface area contributed by atoms with Gasteiger partial charge in [-0.3, -0.25) is 4.79 Å². The van der Waals surface area contributed by atoms with Crippen molar-refractivity contribution in [1.82, 2.24) is 10.6 Å². The van der Waals surface area contributed by atoms with Gasteiger partial charge in [-0.15, -0.1) is 0 Å². The lowest BCUT2D eigenvalue weighted by atomic mass is 10.0. The second-order valence-corrected chi connectivity index (χ2v) is 5.01. The van der Waals surface area contributed by atoms with E-state index < -0.39 is 0 Å². The number of amides is 1. The van der Waals surface area contributed by atoms with Crippen molar-refractivity contribution in [2.45, 2.75) is 64.5 Å². The van der Waals surface area contributed by atoms with Gasteiger partial charge in [0.1, 0.15) is 0 Å². The number of carbonyl (C=O) groups is 1. The van der Waals surface area contributed by atoms with Gasteiger partial charge in [0.05, 0.1) is 6.54 Å². The Balaban J connectivity index is 2.23. The maximum absolute atomic E-state index is 11.7. The average Bonchev–Trinajstić information content (AvgIpc) is 2.61. The molecule has 1 atom stereocenters. The van der Waals surface area contributed by atoms with E-state index in [9.17, 15) is 4.79 Å². The van der Waals surface area contributed by atoms with Crippen LogP contribution in [0.15, 0.2) is 0 Å². The third-order valence-corrected chi connectivity index (χ3v) is 3.37. The molecule has 0 aliphatic heterocycles. The van der Waals surface area contributed by atoms with Gasteiger partial charge in [0, 0.05) is 11.6 Å². The summed E-state index contributed by atoms with van der Waals surface area (Å²) in [6.45, 7) is 6.82. The monoisotopic (exact) mass is 212 g/mol. The van der Waals surface area contributed by atoms with Crippen molar-refractivity contribution in [3.63, 3.8) is 0 Å². The van der Waals surface area contributed by atoms with Crippen LogP contribution < -0.4 is 10.6 Å². The highest BCUT2D eigenvalue weighted by molar-refractivity contribution is 5.78. The second-order valence-electron chi connectivity index (χ2n) is 5.01. The van der Waals surface area contributed by atoms with Crippen LogP contribution in [0.1, 0.15) is 52.9 Å². The van der Waals surface area contributed by atoms with E-state index >= 15 is 0 Å². The lowest BCUT2D eigenvalue weighted by Gasteiger charge is -2.25. The summed E-state index contributed by atoms with van der Waals surface area (Å²) in [5, 5.41) is 6.34. The van der Waals surface area contributed by atoms with Crippen molar-refractivity contribution in [3.05, 3.63) is 0 Å². The number of hydrogen-bond donors (Lipinski definition) is 2. The molecule has 2 N–H and O–H groups in total. The Hall–Kier alpha value is -0.570. The van der Waals surface area contributed by atoms with Crippen LogP contribution in [0.5, 0.6) is 0 Å². The fourth-order valence-corrected chi connectivity index (χ4v) is 2.07. The molecule has 1 amide bonds. The van der Waals surface area contributed by atoms with Crippen LogP contribution in [-0.2, 0) is 4.79 Å². The fraction of sp³-hybridized carbons (Fsp3) is 0.917. The van der Waals surface area contributed by atoms with Gasteiger partial charge in [0.25, 0.3) is 0 Å². The van der Waals surface area contributed by atoms with Crippen molar-refractivity contribution in [1.29, 1.82) is 0 Å². The summed E-state index contributed by atoms with van der Waals surface area (Å²) in [6, 6.07) is 0.423. The van der Waals surface area contributed by atoms with E-state index in [1.54, 1.807) is 0 Å². The Labute approximate surface area is 93.0 Å². The zero-order valence-electron chi connectivity index (χ0n) is 10.2. The zero-order chi connectivity index (χ0) is 11.3. The third kappa shape index (κ3) is 4.20. The molecule has 1 aliphatic carbocycles. The molecule has 1 saturated carbocycles. The first-order valence-corrected chi connectivity index (χ1v) is 6.10. The van der Waals surface area contributed by atoms with Gasteiger partial charge in [0.15, 0.2) is 0 Å². The second kappa shape index (κ2) is 5.50. The van der Waals surface area contributed by atoms with Crippen LogP contribution in [0.3, 0.4) is 0 Å². The molecule has 0 aromatic rings. The molecule has 0 heterocycles. The number of rotatable bonds is 5. The summed E-state index contributed by atoms with van der Waals surface area (Å²) in [6.07, 6.45) is 5.81. The van der Waals surface area contributed by atoms with Gasteiger partial charge in [-0.25, -0.2) is 0 Å². The quantitative estimate of drug-likeness (QED) is 0.730. The average molecular weight is 212 g/mol. The van der Waals surface area contributed by atoms with Crippen LogP contribution in [0.25, 0.3) is 0 Å². The van der Waals surface area contributed by atoms with Gasteiger partial charge in [-0.2, -0.15) is 0 Å².